The summed E-state index contributed by atoms with van der Waals surface area (Å²) in [6, 6.07) is 1.51. The van der Waals surface area contributed by atoms with Gasteiger partial charge in [0.05, 0.1) is 10.6 Å². The number of amides is 1. The highest BCUT2D eigenvalue weighted by Gasteiger charge is 2.53. The Morgan fingerprint density at radius 1 is 1.44 bits per heavy atom. The van der Waals surface area contributed by atoms with Gasteiger partial charge in [0.1, 0.15) is 5.15 Å². The molecule has 0 radical (unpaired) electrons. The van der Waals surface area contributed by atoms with E-state index in [1.165, 1.54) is 37.9 Å². The molecule has 96 valence electrons. The van der Waals surface area contributed by atoms with Gasteiger partial charge in [0, 0.05) is 12.7 Å². The minimum atomic E-state index is -0.156. The molecule has 0 spiro atoms. The van der Waals surface area contributed by atoms with Crippen LogP contribution in [0.1, 0.15) is 36.0 Å². The molecule has 1 N–H and O–H groups in total. The molecule has 2 aliphatic carbocycles. The van der Waals surface area contributed by atoms with Gasteiger partial charge in [0.2, 0.25) is 0 Å². The minimum absolute atomic E-state index is 0.156. The van der Waals surface area contributed by atoms with Crippen molar-refractivity contribution in [1.29, 1.82) is 0 Å². The van der Waals surface area contributed by atoms with Crippen LogP contribution in [0.3, 0.4) is 0 Å². The molecule has 3 nitrogen and oxygen atoms in total. The molecule has 0 aliphatic heterocycles. The van der Waals surface area contributed by atoms with Gasteiger partial charge in [-0.3, -0.25) is 4.79 Å². The predicted molar refractivity (Wildman–Crippen MR) is 71.0 cm³/mol. The van der Waals surface area contributed by atoms with Gasteiger partial charge in [-0.1, -0.05) is 23.2 Å². The second-order valence-electron chi connectivity index (χ2n) is 5.31. The normalized spacial score (nSPS) is 20.6. The lowest BCUT2D eigenvalue weighted by molar-refractivity contribution is 0.0942. The van der Waals surface area contributed by atoms with Crippen LogP contribution in [-0.4, -0.2) is 17.4 Å². The average molecular weight is 285 g/mol. The fourth-order valence-corrected chi connectivity index (χ4v) is 2.87. The Hall–Kier alpha value is -0.800. The molecule has 2 fully saturated rings. The van der Waals surface area contributed by atoms with Gasteiger partial charge >= 0.3 is 0 Å². The Morgan fingerprint density at radius 3 is 2.78 bits per heavy atom. The highest BCUT2D eigenvalue weighted by molar-refractivity contribution is 6.35. The summed E-state index contributed by atoms with van der Waals surface area (Å²) in [7, 11) is 0. The molecule has 5 heteroatoms. The molecule has 0 unspecified atom stereocenters. The number of nitrogens with zero attached hydrogens (tertiary/aromatic N) is 1. The number of pyridine rings is 1. The van der Waals surface area contributed by atoms with Crippen molar-refractivity contribution in [2.24, 2.45) is 11.3 Å². The summed E-state index contributed by atoms with van der Waals surface area (Å²) < 4.78 is 0. The van der Waals surface area contributed by atoms with E-state index in [2.05, 4.69) is 10.3 Å². The molecule has 1 aromatic rings. The first kappa shape index (κ1) is 12.2. The molecular formula is C13H14Cl2N2O. The molecule has 2 aliphatic rings. The van der Waals surface area contributed by atoms with E-state index in [0.29, 0.717) is 16.0 Å². The second-order valence-corrected chi connectivity index (χ2v) is 6.10. The predicted octanol–water partition coefficient (Wildman–Crippen LogP) is 3.31. The number of rotatable bonds is 4. The number of hydrogen-bond donors (Lipinski definition) is 1. The smallest absolute Gasteiger partial charge is 0.252 e. The van der Waals surface area contributed by atoms with E-state index in [4.69, 9.17) is 23.2 Å². The van der Waals surface area contributed by atoms with Crippen molar-refractivity contribution in [3.05, 3.63) is 28.0 Å². The number of hydrogen-bond acceptors (Lipinski definition) is 2. The molecule has 2 saturated carbocycles. The van der Waals surface area contributed by atoms with Gasteiger partial charge in [0.15, 0.2) is 0 Å². The Kier molecular flexibility index (Phi) is 2.99. The van der Waals surface area contributed by atoms with Crippen LogP contribution in [0.15, 0.2) is 12.3 Å². The molecule has 1 aromatic heterocycles. The Bertz CT molecular complexity index is 496. The third-order valence-electron chi connectivity index (χ3n) is 4.00. The third-order valence-corrected chi connectivity index (χ3v) is 4.51. The molecule has 0 aromatic carbocycles. The van der Waals surface area contributed by atoms with Crippen LogP contribution >= 0.6 is 23.2 Å². The van der Waals surface area contributed by atoms with E-state index in [1.54, 1.807) is 0 Å². The summed E-state index contributed by atoms with van der Waals surface area (Å²) in [6.45, 7) is 0.757. The summed E-state index contributed by atoms with van der Waals surface area (Å²) in [5.41, 5.74) is 0.794. The largest absolute Gasteiger partial charge is 0.351 e. The molecule has 1 amide bonds. The van der Waals surface area contributed by atoms with Crippen LogP contribution in [0, 0.1) is 11.3 Å². The zero-order valence-corrected chi connectivity index (χ0v) is 11.4. The number of nitrogens with one attached hydrogen (secondary N) is 1. The standard InChI is InChI=1S/C13H14Cl2N2O/c14-10-6-16-11(15)5-9(10)12(18)17-7-13(3-4-13)8-1-2-8/h5-6,8H,1-4,7H2,(H,17,18). The Balaban J connectivity index is 1.65. The molecule has 0 saturated heterocycles. The van der Waals surface area contributed by atoms with Crippen molar-refractivity contribution in [1.82, 2.24) is 10.3 Å². The minimum Gasteiger partial charge on any atom is -0.351 e. The first-order valence-corrected chi connectivity index (χ1v) is 6.96. The first-order valence-electron chi connectivity index (χ1n) is 6.20. The number of carbonyl (C=O) groups excluding carboxylic acids is 1. The maximum atomic E-state index is 12.1. The van der Waals surface area contributed by atoms with E-state index in [0.717, 1.165) is 12.5 Å². The molecule has 0 atom stereocenters. The van der Waals surface area contributed by atoms with Crippen molar-refractivity contribution in [3.63, 3.8) is 0 Å². The maximum absolute atomic E-state index is 12.1. The van der Waals surface area contributed by atoms with Crippen LogP contribution in [0.4, 0.5) is 0 Å². The van der Waals surface area contributed by atoms with Crippen LogP contribution in [0.25, 0.3) is 0 Å². The van der Waals surface area contributed by atoms with Gasteiger partial charge in [-0.05, 0) is 43.1 Å². The Labute approximate surface area is 116 Å². The van der Waals surface area contributed by atoms with Gasteiger partial charge in [0.25, 0.3) is 5.91 Å². The van der Waals surface area contributed by atoms with Crippen LogP contribution in [0.2, 0.25) is 10.2 Å². The highest BCUT2D eigenvalue weighted by atomic mass is 35.5. The lowest BCUT2D eigenvalue weighted by Crippen LogP contribution is -2.31. The zero-order valence-electron chi connectivity index (χ0n) is 9.88. The van der Waals surface area contributed by atoms with E-state index in [1.807, 2.05) is 0 Å². The molecule has 1 heterocycles. The lowest BCUT2D eigenvalue weighted by atomic mass is 10.0. The number of carbonyl (C=O) groups is 1. The average Bonchev–Trinajstić information content (AvgIpc) is 3.21. The van der Waals surface area contributed by atoms with Crippen LogP contribution in [-0.2, 0) is 0 Å². The van der Waals surface area contributed by atoms with Gasteiger partial charge in [-0.15, -0.1) is 0 Å². The SMILES string of the molecule is O=C(NCC1(C2CC2)CC1)c1cc(Cl)ncc1Cl. The van der Waals surface area contributed by atoms with Gasteiger partial charge < -0.3 is 5.32 Å². The zero-order chi connectivity index (χ0) is 12.8. The summed E-state index contributed by atoms with van der Waals surface area (Å²) in [5, 5.41) is 3.61. The summed E-state index contributed by atoms with van der Waals surface area (Å²) in [5.74, 6) is 0.672. The number of halogens is 2. The maximum Gasteiger partial charge on any atom is 0.252 e. The molecule has 18 heavy (non-hydrogen) atoms. The summed E-state index contributed by atoms with van der Waals surface area (Å²) in [6.07, 6.45) is 6.52. The van der Waals surface area contributed by atoms with Gasteiger partial charge in [-0.25, -0.2) is 4.98 Å². The van der Waals surface area contributed by atoms with Crippen molar-refractivity contribution in [2.45, 2.75) is 25.7 Å². The van der Waals surface area contributed by atoms with Crippen molar-refractivity contribution in [2.75, 3.05) is 6.54 Å². The van der Waals surface area contributed by atoms with E-state index >= 15 is 0 Å². The van der Waals surface area contributed by atoms with Crippen molar-refractivity contribution < 1.29 is 4.79 Å². The quantitative estimate of drug-likeness (QED) is 0.862. The van der Waals surface area contributed by atoms with E-state index < -0.39 is 0 Å². The van der Waals surface area contributed by atoms with Crippen molar-refractivity contribution in [3.8, 4) is 0 Å². The fraction of sp³-hybridized carbons (Fsp3) is 0.538. The summed E-state index contributed by atoms with van der Waals surface area (Å²) in [4.78, 5) is 15.9. The van der Waals surface area contributed by atoms with Crippen LogP contribution < -0.4 is 5.32 Å². The van der Waals surface area contributed by atoms with Crippen molar-refractivity contribution >= 4 is 29.1 Å². The topological polar surface area (TPSA) is 42.0 Å². The first-order chi connectivity index (χ1) is 8.61. The van der Waals surface area contributed by atoms with E-state index in [9.17, 15) is 4.79 Å². The van der Waals surface area contributed by atoms with Crippen LogP contribution in [0.5, 0.6) is 0 Å². The monoisotopic (exact) mass is 284 g/mol. The summed E-state index contributed by atoms with van der Waals surface area (Å²) >= 11 is 11.7. The fourth-order valence-electron chi connectivity index (χ4n) is 2.52. The second kappa shape index (κ2) is 4.39. The molecule has 3 rings (SSSR count). The third kappa shape index (κ3) is 2.34. The Morgan fingerprint density at radius 2 is 2.17 bits per heavy atom. The molecule has 0 bridgehead atoms. The number of aromatic nitrogens is 1. The molecular weight excluding hydrogens is 271 g/mol. The lowest BCUT2D eigenvalue weighted by Gasteiger charge is -2.15. The van der Waals surface area contributed by atoms with E-state index in [-0.39, 0.29) is 11.1 Å². The highest BCUT2D eigenvalue weighted by Crippen LogP contribution is 2.60. The van der Waals surface area contributed by atoms with Gasteiger partial charge in [-0.2, -0.15) is 0 Å².